The van der Waals surface area contributed by atoms with Gasteiger partial charge in [-0.25, -0.2) is 4.79 Å². The van der Waals surface area contributed by atoms with E-state index in [4.69, 9.17) is 5.11 Å². The van der Waals surface area contributed by atoms with Crippen molar-refractivity contribution in [2.24, 2.45) is 5.92 Å². The molecular formula is C14H25N3O3. The molecule has 1 aliphatic heterocycles. The van der Waals surface area contributed by atoms with E-state index < -0.39 is 5.97 Å². The fraction of sp³-hybridized carbons (Fsp3) is 0.857. The molecule has 1 heterocycles. The number of nitrogens with zero attached hydrogens (tertiary/aromatic N) is 2. The summed E-state index contributed by atoms with van der Waals surface area (Å²) >= 11 is 0. The molecule has 0 aromatic carbocycles. The first kappa shape index (κ1) is 15.1. The van der Waals surface area contributed by atoms with Crippen LogP contribution in [0.4, 0.5) is 4.79 Å². The summed E-state index contributed by atoms with van der Waals surface area (Å²) < 4.78 is 0. The second kappa shape index (κ2) is 6.92. The minimum Gasteiger partial charge on any atom is -0.480 e. The Morgan fingerprint density at radius 2 is 2.10 bits per heavy atom. The molecule has 0 spiro atoms. The standard InChI is InChI=1S/C14H25N3O3/c1-2-16-7-3-4-12(9-16)15-14(20)17(10-13(18)19)8-11-5-6-11/h11-12H,2-10H2,1H3,(H,15,20)(H,18,19). The van der Waals surface area contributed by atoms with Gasteiger partial charge in [-0.2, -0.15) is 0 Å². The number of amides is 2. The Morgan fingerprint density at radius 1 is 1.35 bits per heavy atom. The van der Waals surface area contributed by atoms with E-state index in [0.29, 0.717) is 12.5 Å². The minimum atomic E-state index is -0.945. The molecule has 2 aliphatic rings. The molecule has 1 unspecified atom stereocenters. The molecule has 114 valence electrons. The average Bonchev–Trinajstić information content (AvgIpc) is 3.21. The predicted molar refractivity (Wildman–Crippen MR) is 75.6 cm³/mol. The summed E-state index contributed by atoms with van der Waals surface area (Å²) in [7, 11) is 0. The maximum absolute atomic E-state index is 12.2. The monoisotopic (exact) mass is 283 g/mol. The van der Waals surface area contributed by atoms with Gasteiger partial charge in [0.25, 0.3) is 0 Å². The summed E-state index contributed by atoms with van der Waals surface area (Å²) in [5, 5.41) is 11.9. The largest absolute Gasteiger partial charge is 0.480 e. The van der Waals surface area contributed by atoms with Crippen molar-refractivity contribution >= 4 is 12.0 Å². The SMILES string of the molecule is CCN1CCCC(NC(=O)N(CC(=O)O)CC2CC2)C1. The predicted octanol–water partition coefficient (Wildman–Crippen LogP) is 0.977. The van der Waals surface area contributed by atoms with Gasteiger partial charge in [-0.3, -0.25) is 4.79 Å². The highest BCUT2D eigenvalue weighted by Crippen LogP contribution is 2.29. The molecule has 2 rings (SSSR count). The third kappa shape index (κ3) is 4.67. The van der Waals surface area contributed by atoms with Gasteiger partial charge in [0.15, 0.2) is 0 Å². The maximum Gasteiger partial charge on any atom is 0.323 e. The van der Waals surface area contributed by atoms with Crippen molar-refractivity contribution in [3.05, 3.63) is 0 Å². The Labute approximate surface area is 120 Å². The van der Waals surface area contributed by atoms with Crippen LogP contribution in [0, 0.1) is 5.92 Å². The number of hydrogen-bond donors (Lipinski definition) is 2. The lowest BCUT2D eigenvalue weighted by Crippen LogP contribution is -2.52. The highest BCUT2D eigenvalue weighted by Gasteiger charge is 2.29. The fourth-order valence-corrected chi connectivity index (χ4v) is 2.72. The number of carbonyl (C=O) groups is 2. The van der Waals surface area contributed by atoms with Crippen LogP contribution >= 0.6 is 0 Å². The van der Waals surface area contributed by atoms with Crippen LogP contribution in [0.3, 0.4) is 0 Å². The summed E-state index contributed by atoms with van der Waals surface area (Å²) in [5.74, 6) is -0.446. The second-order valence-corrected chi connectivity index (χ2v) is 5.90. The van der Waals surface area contributed by atoms with Crippen molar-refractivity contribution in [1.82, 2.24) is 15.1 Å². The van der Waals surface area contributed by atoms with Gasteiger partial charge in [0, 0.05) is 19.1 Å². The normalized spacial score (nSPS) is 23.4. The number of urea groups is 1. The van der Waals surface area contributed by atoms with Crippen LogP contribution in [-0.4, -0.2) is 65.7 Å². The van der Waals surface area contributed by atoms with Crippen LogP contribution < -0.4 is 5.32 Å². The topological polar surface area (TPSA) is 72.9 Å². The van der Waals surface area contributed by atoms with E-state index in [0.717, 1.165) is 45.3 Å². The Balaban J connectivity index is 1.84. The van der Waals surface area contributed by atoms with Crippen molar-refractivity contribution in [1.29, 1.82) is 0 Å². The number of aliphatic carboxylic acids is 1. The number of hydrogen-bond acceptors (Lipinski definition) is 3. The molecule has 2 amide bonds. The molecule has 6 nitrogen and oxygen atoms in total. The summed E-state index contributed by atoms with van der Waals surface area (Å²) in [6.45, 7) is 5.44. The molecule has 0 radical (unpaired) electrons. The minimum absolute atomic E-state index is 0.145. The molecule has 0 bridgehead atoms. The maximum atomic E-state index is 12.2. The van der Waals surface area contributed by atoms with Gasteiger partial charge in [0.2, 0.25) is 0 Å². The number of likely N-dealkylation sites (tertiary alicyclic amines) is 1. The van der Waals surface area contributed by atoms with Crippen molar-refractivity contribution in [3.63, 3.8) is 0 Å². The van der Waals surface area contributed by atoms with Crippen molar-refractivity contribution in [2.45, 2.75) is 38.6 Å². The lowest BCUT2D eigenvalue weighted by Gasteiger charge is -2.33. The Hall–Kier alpha value is -1.30. The quantitative estimate of drug-likeness (QED) is 0.762. The molecule has 6 heteroatoms. The van der Waals surface area contributed by atoms with Crippen LogP contribution in [0.15, 0.2) is 0 Å². The van der Waals surface area contributed by atoms with Crippen LogP contribution in [0.5, 0.6) is 0 Å². The van der Waals surface area contributed by atoms with E-state index in [-0.39, 0.29) is 18.6 Å². The van der Waals surface area contributed by atoms with Crippen molar-refractivity contribution in [3.8, 4) is 0 Å². The average molecular weight is 283 g/mol. The lowest BCUT2D eigenvalue weighted by atomic mass is 10.1. The molecule has 2 fully saturated rings. The van der Waals surface area contributed by atoms with Gasteiger partial charge in [-0.1, -0.05) is 6.92 Å². The fourth-order valence-electron chi connectivity index (χ4n) is 2.72. The van der Waals surface area contributed by atoms with Gasteiger partial charge >= 0.3 is 12.0 Å². The summed E-state index contributed by atoms with van der Waals surface area (Å²) in [6, 6.07) is -0.0750. The molecule has 20 heavy (non-hydrogen) atoms. The molecule has 1 saturated heterocycles. The third-order valence-electron chi connectivity index (χ3n) is 4.07. The van der Waals surface area contributed by atoms with Gasteiger partial charge in [0.05, 0.1) is 0 Å². The zero-order valence-corrected chi connectivity index (χ0v) is 12.2. The number of piperidine rings is 1. The summed E-state index contributed by atoms with van der Waals surface area (Å²) in [5.41, 5.74) is 0. The number of carbonyl (C=O) groups excluding carboxylic acids is 1. The highest BCUT2D eigenvalue weighted by molar-refractivity contribution is 5.80. The zero-order valence-electron chi connectivity index (χ0n) is 12.2. The number of rotatable bonds is 6. The van der Waals surface area contributed by atoms with E-state index >= 15 is 0 Å². The van der Waals surface area contributed by atoms with E-state index in [9.17, 15) is 9.59 Å². The summed E-state index contributed by atoms with van der Waals surface area (Å²) in [4.78, 5) is 26.9. The first-order valence-corrected chi connectivity index (χ1v) is 7.58. The Morgan fingerprint density at radius 3 is 2.70 bits per heavy atom. The third-order valence-corrected chi connectivity index (χ3v) is 4.07. The van der Waals surface area contributed by atoms with E-state index in [2.05, 4.69) is 17.1 Å². The zero-order chi connectivity index (χ0) is 14.5. The summed E-state index contributed by atoms with van der Waals surface area (Å²) in [6.07, 6.45) is 4.28. The molecule has 1 atom stereocenters. The molecular weight excluding hydrogens is 258 g/mol. The van der Waals surface area contributed by atoms with E-state index in [1.54, 1.807) is 0 Å². The molecule has 0 aromatic rings. The van der Waals surface area contributed by atoms with Crippen LogP contribution in [0.2, 0.25) is 0 Å². The van der Waals surface area contributed by atoms with Crippen molar-refractivity contribution in [2.75, 3.05) is 32.7 Å². The highest BCUT2D eigenvalue weighted by atomic mass is 16.4. The second-order valence-electron chi connectivity index (χ2n) is 5.90. The first-order valence-electron chi connectivity index (χ1n) is 7.58. The van der Waals surface area contributed by atoms with E-state index in [1.807, 2.05) is 0 Å². The smallest absolute Gasteiger partial charge is 0.323 e. The molecule has 1 aliphatic carbocycles. The van der Waals surface area contributed by atoms with Crippen LogP contribution in [-0.2, 0) is 4.79 Å². The van der Waals surface area contributed by atoms with Gasteiger partial charge in [0.1, 0.15) is 6.54 Å². The lowest BCUT2D eigenvalue weighted by molar-refractivity contribution is -0.137. The molecule has 2 N–H and O–H groups in total. The molecule has 0 aromatic heterocycles. The van der Waals surface area contributed by atoms with Gasteiger partial charge in [-0.05, 0) is 44.7 Å². The number of nitrogens with one attached hydrogen (secondary N) is 1. The van der Waals surface area contributed by atoms with E-state index in [1.165, 1.54) is 4.90 Å². The van der Waals surface area contributed by atoms with Gasteiger partial charge in [-0.15, -0.1) is 0 Å². The number of carboxylic acid groups (broad SMARTS) is 1. The first-order chi connectivity index (χ1) is 9.58. The number of carboxylic acids is 1. The number of likely N-dealkylation sites (N-methyl/N-ethyl adjacent to an activating group) is 1. The molecule has 1 saturated carbocycles. The van der Waals surface area contributed by atoms with Crippen LogP contribution in [0.25, 0.3) is 0 Å². The van der Waals surface area contributed by atoms with Gasteiger partial charge < -0.3 is 20.2 Å². The Kier molecular flexibility index (Phi) is 5.23. The van der Waals surface area contributed by atoms with Crippen molar-refractivity contribution < 1.29 is 14.7 Å². The van der Waals surface area contributed by atoms with Crippen LogP contribution in [0.1, 0.15) is 32.6 Å². The Bertz CT molecular complexity index is 358.